The molecule has 0 N–H and O–H groups in total. The van der Waals surface area contributed by atoms with Gasteiger partial charge in [0.25, 0.3) is 0 Å². The zero-order valence-electron chi connectivity index (χ0n) is 9.82. The van der Waals surface area contributed by atoms with E-state index in [1.54, 1.807) is 0 Å². The zero-order chi connectivity index (χ0) is 11.2. The molecule has 1 aliphatic heterocycles. The van der Waals surface area contributed by atoms with Crippen molar-refractivity contribution >= 4 is 0 Å². The first-order chi connectivity index (χ1) is 7.88. The highest BCUT2D eigenvalue weighted by Gasteiger charge is 2.15. The van der Waals surface area contributed by atoms with Crippen LogP contribution in [0.2, 0.25) is 0 Å². The van der Waals surface area contributed by atoms with E-state index in [1.165, 1.54) is 5.56 Å². The van der Waals surface area contributed by atoms with Crippen molar-refractivity contribution in [3.05, 3.63) is 23.9 Å². The second kappa shape index (κ2) is 5.85. The summed E-state index contributed by atoms with van der Waals surface area (Å²) in [4.78, 5) is 4.33. The van der Waals surface area contributed by atoms with Gasteiger partial charge in [0.2, 0.25) is 5.88 Å². The highest BCUT2D eigenvalue weighted by atomic mass is 16.5. The molecule has 3 nitrogen and oxygen atoms in total. The van der Waals surface area contributed by atoms with Crippen molar-refractivity contribution < 1.29 is 9.47 Å². The Labute approximate surface area is 96.8 Å². The second-order valence-electron chi connectivity index (χ2n) is 4.18. The first-order valence-corrected chi connectivity index (χ1v) is 6.08. The molecule has 1 saturated heterocycles. The van der Waals surface area contributed by atoms with Gasteiger partial charge in [0.15, 0.2) is 0 Å². The molecule has 88 valence electrons. The summed E-state index contributed by atoms with van der Waals surface area (Å²) in [5, 5.41) is 0. The monoisotopic (exact) mass is 221 g/mol. The van der Waals surface area contributed by atoms with Gasteiger partial charge in [0.05, 0.1) is 13.2 Å². The van der Waals surface area contributed by atoms with Gasteiger partial charge in [-0.3, -0.25) is 0 Å². The molecular formula is C13H19NO2. The van der Waals surface area contributed by atoms with Gasteiger partial charge < -0.3 is 9.47 Å². The predicted molar refractivity (Wildman–Crippen MR) is 62.7 cm³/mol. The molecule has 1 aromatic rings. The molecule has 0 amide bonds. The van der Waals surface area contributed by atoms with Crippen molar-refractivity contribution in [2.75, 3.05) is 13.2 Å². The fourth-order valence-electron chi connectivity index (χ4n) is 1.88. The van der Waals surface area contributed by atoms with Crippen LogP contribution < -0.4 is 4.74 Å². The molecule has 1 fully saturated rings. The average Bonchev–Trinajstić information content (AvgIpc) is 2.33. The molecule has 0 atom stereocenters. The smallest absolute Gasteiger partial charge is 0.213 e. The molecule has 0 radical (unpaired) electrons. The number of aromatic nitrogens is 1. The molecule has 0 bridgehead atoms. The molecule has 3 heteroatoms. The van der Waals surface area contributed by atoms with Crippen LogP contribution in [0.25, 0.3) is 0 Å². The van der Waals surface area contributed by atoms with Gasteiger partial charge in [-0.25, -0.2) is 4.98 Å². The van der Waals surface area contributed by atoms with E-state index in [4.69, 9.17) is 9.47 Å². The maximum atomic E-state index is 5.80. The molecule has 16 heavy (non-hydrogen) atoms. The van der Waals surface area contributed by atoms with Gasteiger partial charge in [-0.2, -0.15) is 0 Å². The summed E-state index contributed by atoms with van der Waals surface area (Å²) in [6.45, 7) is 3.78. The zero-order valence-corrected chi connectivity index (χ0v) is 9.82. The minimum absolute atomic E-state index is 0.276. The van der Waals surface area contributed by atoms with Crippen molar-refractivity contribution in [2.24, 2.45) is 0 Å². The number of hydrogen-bond donors (Lipinski definition) is 0. The normalized spacial score (nSPS) is 17.3. The van der Waals surface area contributed by atoms with Crippen molar-refractivity contribution in [3.8, 4) is 5.88 Å². The largest absolute Gasteiger partial charge is 0.474 e. The van der Waals surface area contributed by atoms with Crippen molar-refractivity contribution in [3.63, 3.8) is 0 Å². The van der Waals surface area contributed by atoms with Gasteiger partial charge in [-0.05, 0) is 12.0 Å². The SMILES string of the molecule is CCCc1ccc(OC2CCOCC2)nc1. The fraction of sp³-hybridized carbons (Fsp3) is 0.615. The summed E-state index contributed by atoms with van der Waals surface area (Å²) >= 11 is 0. The highest BCUT2D eigenvalue weighted by molar-refractivity contribution is 5.18. The maximum absolute atomic E-state index is 5.80. The van der Waals surface area contributed by atoms with Crippen LogP contribution in [0, 0.1) is 0 Å². The Morgan fingerprint density at radius 2 is 2.19 bits per heavy atom. The molecular weight excluding hydrogens is 202 g/mol. The summed E-state index contributed by atoms with van der Waals surface area (Å²) in [6.07, 6.45) is 6.37. The maximum Gasteiger partial charge on any atom is 0.213 e. The molecule has 0 aliphatic carbocycles. The number of rotatable bonds is 4. The minimum atomic E-state index is 0.276. The first kappa shape index (κ1) is 11.4. The predicted octanol–water partition coefficient (Wildman–Crippen LogP) is 2.59. The Morgan fingerprint density at radius 3 is 2.81 bits per heavy atom. The third kappa shape index (κ3) is 3.20. The fourth-order valence-corrected chi connectivity index (χ4v) is 1.88. The summed E-state index contributed by atoms with van der Waals surface area (Å²) in [6, 6.07) is 4.08. The number of hydrogen-bond acceptors (Lipinski definition) is 3. The summed E-state index contributed by atoms with van der Waals surface area (Å²) in [5.41, 5.74) is 1.28. The van der Waals surface area contributed by atoms with Crippen molar-refractivity contribution in [1.82, 2.24) is 4.98 Å². The average molecular weight is 221 g/mol. The van der Waals surface area contributed by atoms with Crippen LogP contribution >= 0.6 is 0 Å². The van der Waals surface area contributed by atoms with Crippen molar-refractivity contribution in [1.29, 1.82) is 0 Å². The minimum Gasteiger partial charge on any atom is -0.474 e. The number of aryl methyl sites for hydroxylation is 1. The van der Waals surface area contributed by atoms with E-state index in [2.05, 4.69) is 18.0 Å². The Balaban J connectivity index is 1.88. The number of pyridine rings is 1. The molecule has 0 saturated carbocycles. The van der Waals surface area contributed by atoms with Crippen LogP contribution in [0.3, 0.4) is 0 Å². The molecule has 1 aliphatic rings. The van der Waals surface area contributed by atoms with E-state index in [0.29, 0.717) is 0 Å². The lowest BCUT2D eigenvalue weighted by atomic mass is 10.1. The van der Waals surface area contributed by atoms with E-state index in [0.717, 1.165) is 44.8 Å². The Bertz CT molecular complexity index is 304. The van der Waals surface area contributed by atoms with Crippen LogP contribution in [0.1, 0.15) is 31.7 Å². The van der Waals surface area contributed by atoms with E-state index in [1.807, 2.05) is 12.3 Å². The van der Waals surface area contributed by atoms with Gasteiger partial charge in [-0.15, -0.1) is 0 Å². The van der Waals surface area contributed by atoms with E-state index in [-0.39, 0.29) is 6.10 Å². The van der Waals surface area contributed by atoms with Gasteiger partial charge >= 0.3 is 0 Å². The molecule has 0 spiro atoms. The Kier molecular flexibility index (Phi) is 4.17. The van der Waals surface area contributed by atoms with Gasteiger partial charge in [-0.1, -0.05) is 19.4 Å². The molecule has 1 aromatic heterocycles. The highest BCUT2D eigenvalue weighted by Crippen LogP contribution is 2.16. The van der Waals surface area contributed by atoms with Crippen LogP contribution in [0.5, 0.6) is 5.88 Å². The second-order valence-corrected chi connectivity index (χ2v) is 4.18. The summed E-state index contributed by atoms with van der Waals surface area (Å²) < 4.78 is 11.1. The third-order valence-electron chi connectivity index (χ3n) is 2.79. The lowest BCUT2D eigenvalue weighted by molar-refractivity contribution is 0.0237. The summed E-state index contributed by atoms with van der Waals surface area (Å²) in [5.74, 6) is 0.742. The van der Waals surface area contributed by atoms with Gasteiger partial charge in [0, 0.05) is 25.1 Å². The van der Waals surface area contributed by atoms with E-state index >= 15 is 0 Å². The standard InChI is InChI=1S/C13H19NO2/c1-2-3-11-4-5-13(14-10-11)16-12-6-8-15-9-7-12/h4-5,10,12H,2-3,6-9H2,1H3. The van der Waals surface area contributed by atoms with Crippen LogP contribution in [0.15, 0.2) is 18.3 Å². The van der Waals surface area contributed by atoms with E-state index < -0.39 is 0 Å². The van der Waals surface area contributed by atoms with E-state index in [9.17, 15) is 0 Å². The van der Waals surface area contributed by atoms with Gasteiger partial charge in [0.1, 0.15) is 6.10 Å². The number of ether oxygens (including phenoxy) is 2. The molecule has 2 rings (SSSR count). The lowest BCUT2D eigenvalue weighted by Crippen LogP contribution is -2.26. The van der Waals surface area contributed by atoms with Crippen LogP contribution in [-0.2, 0) is 11.2 Å². The molecule has 2 heterocycles. The Morgan fingerprint density at radius 1 is 1.38 bits per heavy atom. The first-order valence-electron chi connectivity index (χ1n) is 6.08. The Hall–Kier alpha value is -1.09. The summed E-state index contributed by atoms with van der Waals surface area (Å²) in [7, 11) is 0. The van der Waals surface area contributed by atoms with Crippen LogP contribution in [-0.4, -0.2) is 24.3 Å². The van der Waals surface area contributed by atoms with Crippen molar-refractivity contribution in [2.45, 2.75) is 38.7 Å². The number of nitrogens with zero attached hydrogens (tertiary/aromatic N) is 1. The lowest BCUT2D eigenvalue weighted by Gasteiger charge is -2.22. The quantitative estimate of drug-likeness (QED) is 0.783. The van der Waals surface area contributed by atoms with Crippen LogP contribution in [0.4, 0.5) is 0 Å². The molecule has 0 unspecified atom stereocenters. The third-order valence-corrected chi connectivity index (χ3v) is 2.79. The topological polar surface area (TPSA) is 31.4 Å². The molecule has 0 aromatic carbocycles.